The number of benzene rings is 1. The van der Waals surface area contributed by atoms with E-state index in [1.54, 1.807) is 24.3 Å². The van der Waals surface area contributed by atoms with Crippen molar-refractivity contribution >= 4 is 26.0 Å². The van der Waals surface area contributed by atoms with Crippen LogP contribution < -0.4 is 4.72 Å². The second kappa shape index (κ2) is 5.72. The van der Waals surface area contributed by atoms with Crippen LogP contribution in [0.25, 0.3) is 0 Å². The van der Waals surface area contributed by atoms with E-state index in [1.165, 1.54) is 6.42 Å². The van der Waals surface area contributed by atoms with E-state index in [0.29, 0.717) is 10.8 Å². The summed E-state index contributed by atoms with van der Waals surface area (Å²) in [6.07, 6.45) is 4.36. The van der Waals surface area contributed by atoms with Crippen LogP contribution in [0.1, 0.15) is 32.6 Å². The molecule has 0 spiro atoms. The fourth-order valence-corrected chi connectivity index (χ4v) is 4.02. The third kappa shape index (κ3) is 3.33. The molecule has 3 nitrogen and oxygen atoms in total. The van der Waals surface area contributed by atoms with Gasteiger partial charge in [-0.1, -0.05) is 35.7 Å². The molecule has 0 saturated heterocycles. The SMILES string of the molecule is C[C@@H]1CCCC[C@H]1NS(=O)(=O)c1ccc(Br)cc1. The lowest BCUT2D eigenvalue weighted by Gasteiger charge is -2.29. The van der Waals surface area contributed by atoms with Gasteiger partial charge in [0.25, 0.3) is 0 Å². The van der Waals surface area contributed by atoms with Crippen molar-refractivity contribution in [1.29, 1.82) is 0 Å². The lowest BCUT2D eigenvalue weighted by Crippen LogP contribution is -2.40. The molecule has 0 radical (unpaired) electrons. The highest BCUT2D eigenvalue weighted by Gasteiger charge is 2.26. The maximum Gasteiger partial charge on any atom is 0.240 e. The van der Waals surface area contributed by atoms with Crippen LogP contribution >= 0.6 is 15.9 Å². The molecule has 1 N–H and O–H groups in total. The smallest absolute Gasteiger partial charge is 0.208 e. The normalized spacial score (nSPS) is 25.0. The molecule has 2 rings (SSSR count). The molecule has 1 saturated carbocycles. The number of rotatable bonds is 3. The highest BCUT2D eigenvalue weighted by molar-refractivity contribution is 9.10. The number of hydrogen-bond donors (Lipinski definition) is 1. The topological polar surface area (TPSA) is 46.2 Å². The van der Waals surface area contributed by atoms with Crippen LogP contribution in [0.5, 0.6) is 0 Å². The molecule has 5 heteroatoms. The van der Waals surface area contributed by atoms with Crippen molar-refractivity contribution in [3.05, 3.63) is 28.7 Å². The summed E-state index contributed by atoms with van der Waals surface area (Å²) in [5.41, 5.74) is 0. The first-order valence-corrected chi connectivity index (χ1v) is 8.54. The zero-order valence-electron chi connectivity index (χ0n) is 10.4. The van der Waals surface area contributed by atoms with Crippen LogP contribution in [0.3, 0.4) is 0 Å². The van der Waals surface area contributed by atoms with Gasteiger partial charge in [-0.25, -0.2) is 13.1 Å². The summed E-state index contributed by atoms with van der Waals surface area (Å²) in [5, 5.41) is 0. The zero-order chi connectivity index (χ0) is 13.2. The Morgan fingerprint density at radius 2 is 1.78 bits per heavy atom. The summed E-state index contributed by atoms with van der Waals surface area (Å²) in [6.45, 7) is 2.12. The van der Waals surface area contributed by atoms with Crippen LogP contribution in [-0.2, 0) is 10.0 Å². The molecule has 1 aliphatic rings. The van der Waals surface area contributed by atoms with Crippen LogP contribution in [0.4, 0.5) is 0 Å². The Bertz CT molecular complexity index is 498. The summed E-state index contributed by atoms with van der Waals surface area (Å²) < 4.78 is 28.2. The molecule has 1 aromatic rings. The molecule has 0 aromatic heterocycles. The molecular formula is C13H18BrNO2S. The Kier molecular flexibility index (Phi) is 4.45. The number of hydrogen-bond acceptors (Lipinski definition) is 2. The number of halogens is 1. The second-order valence-corrected chi connectivity index (χ2v) is 7.57. The van der Waals surface area contributed by atoms with Crippen molar-refractivity contribution in [1.82, 2.24) is 4.72 Å². The van der Waals surface area contributed by atoms with Gasteiger partial charge in [0.2, 0.25) is 10.0 Å². The Hall–Kier alpha value is -0.390. The first kappa shape index (κ1) is 14.0. The van der Waals surface area contributed by atoms with Gasteiger partial charge in [-0.3, -0.25) is 0 Å². The molecule has 0 unspecified atom stereocenters. The van der Waals surface area contributed by atoms with Gasteiger partial charge in [-0.2, -0.15) is 0 Å². The van der Waals surface area contributed by atoms with Gasteiger partial charge in [0, 0.05) is 10.5 Å². The lowest BCUT2D eigenvalue weighted by molar-refractivity contribution is 0.310. The summed E-state index contributed by atoms with van der Waals surface area (Å²) >= 11 is 3.31. The van der Waals surface area contributed by atoms with E-state index in [0.717, 1.165) is 23.7 Å². The molecule has 1 fully saturated rings. The summed E-state index contributed by atoms with van der Waals surface area (Å²) in [4.78, 5) is 0.337. The van der Waals surface area contributed by atoms with E-state index in [4.69, 9.17) is 0 Å². The van der Waals surface area contributed by atoms with Gasteiger partial charge in [0.15, 0.2) is 0 Å². The highest BCUT2D eigenvalue weighted by atomic mass is 79.9. The first-order chi connectivity index (χ1) is 8.49. The summed E-state index contributed by atoms with van der Waals surface area (Å²) in [7, 11) is -3.38. The summed E-state index contributed by atoms with van der Waals surface area (Å²) in [5.74, 6) is 0.420. The maximum absolute atomic E-state index is 12.2. The Balaban J connectivity index is 2.13. The second-order valence-electron chi connectivity index (χ2n) is 4.94. The van der Waals surface area contributed by atoms with Crippen LogP contribution in [0.2, 0.25) is 0 Å². The average Bonchev–Trinajstić information content (AvgIpc) is 2.32. The quantitative estimate of drug-likeness (QED) is 0.923. The average molecular weight is 332 g/mol. The van der Waals surface area contributed by atoms with E-state index in [9.17, 15) is 8.42 Å². The van der Waals surface area contributed by atoms with Gasteiger partial charge in [0.1, 0.15) is 0 Å². The molecule has 2 atom stereocenters. The van der Waals surface area contributed by atoms with Crippen LogP contribution in [0.15, 0.2) is 33.6 Å². The highest BCUT2D eigenvalue weighted by Crippen LogP contribution is 2.25. The Morgan fingerprint density at radius 1 is 1.17 bits per heavy atom. The first-order valence-electron chi connectivity index (χ1n) is 6.27. The van der Waals surface area contributed by atoms with Crippen molar-refractivity contribution in [2.45, 2.75) is 43.5 Å². The Labute approximate surface area is 117 Å². The largest absolute Gasteiger partial charge is 0.240 e. The summed E-state index contributed by atoms with van der Waals surface area (Å²) in [6, 6.07) is 6.82. The molecule has 1 aromatic carbocycles. The van der Waals surface area contributed by atoms with Gasteiger partial charge in [-0.15, -0.1) is 0 Å². The minimum atomic E-state index is -3.38. The predicted octanol–water partition coefficient (Wildman–Crippen LogP) is 3.31. The van der Waals surface area contributed by atoms with Crippen molar-refractivity contribution in [2.75, 3.05) is 0 Å². The molecule has 1 aliphatic carbocycles. The lowest BCUT2D eigenvalue weighted by atomic mass is 9.87. The van der Waals surface area contributed by atoms with Crippen LogP contribution in [-0.4, -0.2) is 14.5 Å². The van der Waals surface area contributed by atoms with Gasteiger partial charge in [-0.05, 0) is 43.0 Å². The van der Waals surface area contributed by atoms with Gasteiger partial charge >= 0.3 is 0 Å². The minimum absolute atomic E-state index is 0.0763. The molecule has 0 aliphatic heterocycles. The zero-order valence-corrected chi connectivity index (χ0v) is 12.8. The molecule has 0 bridgehead atoms. The van der Waals surface area contributed by atoms with Crippen LogP contribution in [0, 0.1) is 5.92 Å². The van der Waals surface area contributed by atoms with E-state index in [2.05, 4.69) is 27.6 Å². The third-order valence-electron chi connectivity index (χ3n) is 3.54. The van der Waals surface area contributed by atoms with Gasteiger partial charge in [0.05, 0.1) is 4.90 Å². The standard InChI is InChI=1S/C13H18BrNO2S/c1-10-4-2-3-5-13(10)15-18(16,17)12-8-6-11(14)7-9-12/h6-10,13,15H,2-5H2,1H3/t10-,13-/m1/s1. The minimum Gasteiger partial charge on any atom is -0.208 e. The fraction of sp³-hybridized carbons (Fsp3) is 0.538. The predicted molar refractivity (Wildman–Crippen MR) is 75.9 cm³/mol. The Morgan fingerprint density at radius 3 is 2.39 bits per heavy atom. The third-order valence-corrected chi connectivity index (χ3v) is 5.58. The fourth-order valence-electron chi connectivity index (χ4n) is 2.37. The number of sulfonamides is 1. The molecular weight excluding hydrogens is 314 g/mol. The molecule has 0 heterocycles. The van der Waals surface area contributed by atoms with Crippen molar-refractivity contribution < 1.29 is 8.42 Å². The van der Waals surface area contributed by atoms with E-state index in [-0.39, 0.29) is 6.04 Å². The number of nitrogens with one attached hydrogen (secondary N) is 1. The van der Waals surface area contributed by atoms with Crippen molar-refractivity contribution in [3.8, 4) is 0 Å². The van der Waals surface area contributed by atoms with E-state index in [1.807, 2.05) is 0 Å². The van der Waals surface area contributed by atoms with E-state index >= 15 is 0 Å². The van der Waals surface area contributed by atoms with Crippen molar-refractivity contribution in [3.63, 3.8) is 0 Å². The molecule has 0 amide bonds. The molecule has 100 valence electrons. The maximum atomic E-state index is 12.2. The van der Waals surface area contributed by atoms with Crippen molar-refractivity contribution in [2.24, 2.45) is 5.92 Å². The van der Waals surface area contributed by atoms with E-state index < -0.39 is 10.0 Å². The molecule has 18 heavy (non-hydrogen) atoms. The van der Waals surface area contributed by atoms with Gasteiger partial charge < -0.3 is 0 Å². The monoisotopic (exact) mass is 331 g/mol.